The van der Waals surface area contributed by atoms with Gasteiger partial charge in [0, 0.05) is 11.1 Å². The summed E-state index contributed by atoms with van der Waals surface area (Å²) in [6.07, 6.45) is 4.07. The van der Waals surface area contributed by atoms with Gasteiger partial charge < -0.3 is 9.47 Å². The summed E-state index contributed by atoms with van der Waals surface area (Å²) in [6.45, 7) is 25.6. The molecule has 5 aromatic carbocycles. The molecule has 6 rings (SSSR count). The van der Waals surface area contributed by atoms with Gasteiger partial charge in [0.25, 0.3) is 0 Å². The van der Waals surface area contributed by atoms with Crippen molar-refractivity contribution in [1.82, 2.24) is 0 Å². The molecule has 2 atom stereocenters. The highest BCUT2D eigenvalue weighted by atomic mass is 28.3. The SMILES string of the molecule is C=CCOc1c(C(C)(C)C)cc(OC)cc1[Si](C)(C)C1c2cc(-c3ccccc3C(C)CC)ccc2-c2ccc(-c3ccccc3C(C)CC)cc21. The molecule has 5 aromatic rings. The van der Waals surface area contributed by atoms with Crippen molar-refractivity contribution in [3.8, 4) is 44.9 Å². The highest BCUT2D eigenvalue weighted by molar-refractivity contribution is 6.92. The first-order chi connectivity index (χ1) is 24.8. The fourth-order valence-electron chi connectivity index (χ4n) is 8.40. The van der Waals surface area contributed by atoms with Crippen LogP contribution >= 0.6 is 0 Å². The van der Waals surface area contributed by atoms with Crippen LogP contribution in [0.15, 0.2) is 110 Å². The highest BCUT2D eigenvalue weighted by Crippen LogP contribution is 2.52. The third-order valence-corrected chi connectivity index (χ3v) is 15.5. The van der Waals surface area contributed by atoms with E-state index in [9.17, 15) is 0 Å². The predicted molar refractivity (Wildman–Crippen MR) is 227 cm³/mol. The van der Waals surface area contributed by atoms with E-state index in [4.69, 9.17) is 9.47 Å². The van der Waals surface area contributed by atoms with Gasteiger partial charge in [0.15, 0.2) is 0 Å². The van der Waals surface area contributed by atoms with Crippen LogP contribution in [0.4, 0.5) is 0 Å². The molecule has 0 aromatic heterocycles. The first-order valence-corrected chi connectivity index (χ1v) is 22.4. The van der Waals surface area contributed by atoms with Crippen molar-refractivity contribution in [3.63, 3.8) is 0 Å². The summed E-state index contributed by atoms with van der Waals surface area (Å²) >= 11 is 0. The lowest BCUT2D eigenvalue weighted by molar-refractivity contribution is 0.351. The molecule has 1 aliphatic rings. The van der Waals surface area contributed by atoms with Gasteiger partial charge in [-0.25, -0.2) is 0 Å². The maximum absolute atomic E-state index is 6.72. The number of rotatable bonds is 12. The first-order valence-electron chi connectivity index (χ1n) is 19.3. The van der Waals surface area contributed by atoms with Crippen LogP contribution in [-0.4, -0.2) is 21.8 Å². The van der Waals surface area contributed by atoms with Gasteiger partial charge in [-0.15, -0.1) is 0 Å². The number of methoxy groups -OCH3 is 1. The summed E-state index contributed by atoms with van der Waals surface area (Å²) in [7, 11) is -0.689. The van der Waals surface area contributed by atoms with E-state index in [2.05, 4.69) is 165 Å². The molecular formula is C49H58O2Si. The van der Waals surface area contributed by atoms with Crippen molar-refractivity contribution in [3.05, 3.63) is 138 Å². The Hall–Kier alpha value is -4.34. The molecule has 3 heteroatoms. The van der Waals surface area contributed by atoms with Crippen LogP contribution in [0.5, 0.6) is 11.5 Å². The van der Waals surface area contributed by atoms with Crippen molar-refractivity contribution in [2.24, 2.45) is 0 Å². The van der Waals surface area contributed by atoms with E-state index in [1.54, 1.807) is 7.11 Å². The van der Waals surface area contributed by atoms with Gasteiger partial charge in [-0.3, -0.25) is 0 Å². The Bertz CT molecular complexity index is 1980. The second kappa shape index (κ2) is 15.0. The third-order valence-electron chi connectivity index (χ3n) is 11.7. The Morgan fingerprint density at radius 2 is 1.21 bits per heavy atom. The smallest absolute Gasteiger partial charge is 0.123 e. The molecule has 1 aliphatic carbocycles. The lowest BCUT2D eigenvalue weighted by Crippen LogP contribution is -2.49. The van der Waals surface area contributed by atoms with Gasteiger partial charge in [0.1, 0.15) is 18.1 Å². The molecule has 0 heterocycles. The van der Waals surface area contributed by atoms with Crippen LogP contribution in [0.3, 0.4) is 0 Å². The minimum atomic E-state index is -2.47. The Balaban J connectivity index is 1.64. The summed E-state index contributed by atoms with van der Waals surface area (Å²) in [5.74, 6) is 2.84. The molecule has 2 nitrogen and oxygen atoms in total. The zero-order chi connectivity index (χ0) is 37.4. The van der Waals surface area contributed by atoms with E-state index in [0.717, 1.165) is 24.3 Å². The van der Waals surface area contributed by atoms with Crippen molar-refractivity contribution in [2.45, 2.75) is 97.2 Å². The second-order valence-corrected chi connectivity index (χ2v) is 21.0. The van der Waals surface area contributed by atoms with Crippen LogP contribution in [0.2, 0.25) is 13.1 Å². The van der Waals surface area contributed by atoms with Crippen LogP contribution in [0.25, 0.3) is 33.4 Å². The zero-order valence-electron chi connectivity index (χ0n) is 33.2. The lowest BCUT2D eigenvalue weighted by Gasteiger charge is -2.36. The Morgan fingerprint density at radius 3 is 1.65 bits per heavy atom. The third kappa shape index (κ3) is 6.81. The maximum atomic E-state index is 6.72. The fraction of sp³-hybridized carbons (Fsp3) is 0.347. The molecule has 2 unspecified atom stereocenters. The van der Waals surface area contributed by atoms with Gasteiger partial charge in [-0.05, 0) is 103 Å². The Labute approximate surface area is 315 Å². The zero-order valence-corrected chi connectivity index (χ0v) is 34.2. The molecule has 52 heavy (non-hydrogen) atoms. The molecule has 0 radical (unpaired) electrons. The molecule has 270 valence electrons. The van der Waals surface area contributed by atoms with Gasteiger partial charge >= 0.3 is 0 Å². The van der Waals surface area contributed by atoms with Crippen LogP contribution in [0, 0.1) is 0 Å². The summed E-state index contributed by atoms with van der Waals surface area (Å²) in [5.41, 5.74) is 14.9. The Morgan fingerprint density at radius 1 is 0.712 bits per heavy atom. The van der Waals surface area contributed by atoms with Gasteiger partial charge in [-0.2, -0.15) is 0 Å². The predicted octanol–water partition coefficient (Wildman–Crippen LogP) is 13.2. The summed E-state index contributed by atoms with van der Waals surface area (Å²) in [4.78, 5) is 0. The molecule has 0 amide bonds. The number of fused-ring (bicyclic) bond motifs is 3. The highest BCUT2D eigenvalue weighted by Gasteiger charge is 2.45. The molecule has 0 fully saturated rings. The first kappa shape index (κ1) is 37.4. The molecule has 0 saturated heterocycles. The molecule has 0 spiro atoms. The van der Waals surface area contributed by atoms with Gasteiger partial charge in [-0.1, -0.05) is 159 Å². The maximum Gasteiger partial charge on any atom is 0.123 e. The molecule has 0 saturated carbocycles. The van der Waals surface area contributed by atoms with Crippen molar-refractivity contribution < 1.29 is 9.47 Å². The van der Waals surface area contributed by atoms with E-state index in [1.165, 1.54) is 66.4 Å². The fourth-order valence-corrected chi connectivity index (χ4v) is 12.1. The lowest BCUT2D eigenvalue weighted by atomic mass is 9.86. The van der Waals surface area contributed by atoms with Crippen LogP contribution < -0.4 is 14.7 Å². The van der Waals surface area contributed by atoms with Gasteiger partial charge in [0.05, 0.1) is 15.2 Å². The monoisotopic (exact) mass is 706 g/mol. The minimum absolute atomic E-state index is 0.143. The van der Waals surface area contributed by atoms with E-state index < -0.39 is 8.07 Å². The number of hydrogen-bond donors (Lipinski definition) is 0. The molecule has 0 N–H and O–H groups in total. The second-order valence-electron chi connectivity index (χ2n) is 16.5. The minimum Gasteiger partial charge on any atom is -0.497 e. The number of ether oxygens (including phenoxy) is 2. The normalized spacial score (nSPS) is 15.1. The standard InChI is InChI=1S/C49H58O2Si/c1-12-27-51-47-45(49(6,7)8)30-36(50-9)31-46(47)52(10,11)48-43-28-34(39-21-17-15-19-37(39)32(4)13-2)23-25-41(43)42-26-24-35(29-44(42)48)40-22-18-16-20-38(40)33(5)14-3/h12,15-26,28-33,48H,1,13-14,27H2,2-11H3. The number of hydrogen-bond acceptors (Lipinski definition) is 2. The summed E-state index contributed by atoms with van der Waals surface area (Å²) in [6, 6.07) is 37.0. The average Bonchev–Trinajstić information content (AvgIpc) is 3.49. The van der Waals surface area contributed by atoms with E-state index in [0.29, 0.717) is 18.4 Å². The molecule has 0 bridgehead atoms. The van der Waals surface area contributed by atoms with Crippen molar-refractivity contribution in [1.29, 1.82) is 0 Å². The molecular weight excluding hydrogens is 649 g/mol. The largest absolute Gasteiger partial charge is 0.497 e. The summed E-state index contributed by atoms with van der Waals surface area (Å²) in [5, 5.41) is 1.29. The van der Waals surface area contributed by atoms with Crippen LogP contribution in [0.1, 0.15) is 107 Å². The topological polar surface area (TPSA) is 18.5 Å². The van der Waals surface area contributed by atoms with E-state index >= 15 is 0 Å². The number of benzene rings is 5. The summed E-state index contributed by atoms with van der Waals surface area (Å²) < 4.78 is 12.8. The van der Waals surface area contributed by atoms with Crippen LogP contribution in [-0.2, 0) is 5.41 Å². The Kier molecular flexibility index (Phi) is 10.8. The van der Waals surface area contributed by atoms with E-state index in [1.807, 2.05) is 6.08 Å². The molecule has 0 aliphatic heterocycles. The van der Waals surface area contributed by atoms with Crippen molar-refractivity contribution in [2.75, 3.05) is 13.7 Å². The van der Waals surface area contributed by atoms with Gasteiger partial charge in [0.2, 0.25) is 0 Å². The van der Waals surface area contributed by atoms with E-state index in [-0.39, 0.29) is 11.0 Å². The quantitative estimate of drug-likeness (QED) is 0.0950. The average molecular weight is 707 g/mol. The van der Waals surface area contributed by atoms with Crippen molar-refractivity contribution >= 4 is 13.3 Å².